The highest BCUT2D eigenvalue weighted by Crippen LogP contribution is 2.54. The van der Waals surface area contributed by atoms with Crippen molar-refractivity contribution in [2.24, 2.45) is 0 Å². The van der Waals surface area contributed by atoms with Crippen molar-refractivity contribution in [2.45, 2.75) is 25.3 Å². The van der Waals surface area contributed by atoms with Crippen LogP contribution in [0.2, 0.25) is 0 Å². The van der Waals surface area contributed by atoms with Crippen molar-refractivity contribution in [3.05, 3.63) is 211 Å². The van der Waals surface area contributed by atoms with Gasteiger partial charge in [-0.15, -0.1) is 0 Å². The number of para-hydroxylation sites is 5. The zero-order chi connectivity index (χ0) is 42.8. The quantitative estimate of drug-likeness (QED) is 0.174. The molecule has 16 rings (SSSR count). The van der Waals surface area contributed by atoms with Gasteiger partial charge in [-0.3, -0.25) is 0 Å². The molecule has 0 N–H and O–H groups in total. The Labute approximate surface area is 378 Å². The highest BCUT2D eigenvalue weighted by atomic mass is 16.3. The monoisotopic (exact) mass is 841 g/mol. The van der Waals surface area contributed by atoms with Crippen LogP contribution in [-0.2, 0) is 0 Å². The van der Waals surface area contributed by atoms with Crippen LogP contribution in [-0.4, -0.2) is 13.7 Å². The van der Waals surface area contributed by atoms with Crippen LogP contribution in [0.15, 0.2) is 210 Å². The van der Waals surface area contributed by atoms with Gasteiger partial charge in [0.25, 0.3) is 0 Å². The number of allylic oxidation sites excluding steroid dienone is 6. The molecule has 1 unspecified atom stereocenters. The van der Waals surface area contributed by atoms with E-state index in [0.717, 1.165) is 41.2 Å². The molecular weight excluding hydrogens is 803 g/mol. The van der Waals surface area contributed by atoms with Gasteiger partial charge in [0.2, 0.25) is 0 Å². The minimum Gasteiger partial charge on any atom is -0.456 e. The second-order valence-corrected chi connectivity index (χ2v) is 18.7. The molecule has 308 valence electrons. The minimum atomic E-state index is 0.181. The van der Waals surface area contributed by atoms with Crippen LogP contribution in [0.5, 0.6) is 0 Å². The third-order valence-corrected chi connectivity index (χ3v) is 15.4. The lowest BCUT2D eigenvalue weighted by Gasteiger charge is -2.29. The summed E-state index contributed by atoms with van der Waals surface area (Å²) < 4.78 is 14.0. The fourth-order valence-corrected chi connectivity index (χ4v) is 12.5. The molecule has 0 radical (unpaired) electrons. The average molecular weight is 842 g/mol. The van der Waals surface area contributed by atoms with Crippen molar-refractivity contribution in [3.63, 3.8) is 0 Å². The minimum absolute atomic E-state index is 0.181. The van der Waals surface area contributed by atoms with E-state index in [4.69, 9.17) is 4.42 Å². The van der Waals surface area contributed by atoms with Gasteiger partial charge < -0.3 is 18.1 Å². The highest BCUT2D eigenvalue weighted by Gasteiger charge is 2.36. The molecule has 0 fully saturated rings. The Balaban J connectivity index is 0.917. The smallest absolute Gasteiger partial charge is 0.135 e. The van der Waals surface area contributed by atoms with Gasteiger partial charge in [0, 0.05) is 60.0 Å². The maximum absolute atomic E-state index is 6.30. The molecule has 4 nitrogen and oxygen atoms in total. The van der Waals surface area contributed by atoms with Gasteiger partial charge in [0.1, 0.15) is 11.2 Å². The molecular formula is C62H39N3O. The number of nitrogens with zero attached hydrogens (tertiary/aromatic N) is 3. The number of furan rings is 1. The lowest BCUT2D eigenvalue weighted by atomic mass is 9.81. The SMILES string of the molecule is C1=C2c3cc(-c4ccc5oc6ccccc6c5c4)cc4c5cc6ccc(-n7c8ccccc8c8ccccc87)cc6cc5n(c34)C2CC2=C1CCC(n1c3ccccc3c3ccccc31)=C2. The summed E-state index contributed by atoms with van der Waals surface area (Å²) in [4.78, 5) is 0. The molecule has 66 heavy (non-hydrogen) atoms. The Morgan fingerprint density at radius 3 is 1.77 bits per heavy atom. The molecule has 0 saturated heterocycles. The lowest BCUT2D eigenvalue weighted by Crippen LogP contribution is -2.13. The molecule has 0 amide bonds. The zero-order valence-electron chi connectivity index (χ0n) is 35.9. The number of aromatic nitrogens is 3. The molecule has 4 heteroatoms. The predicted molar refractivity (Wildman–Crippen MR) is 276 cm³/mol. The van der Waals surface area contributed by atoms with Gasteiger partial charge >= 0.3 is 0 Å². The third kappa shape index (κ3) is 4.62. The summed E-state index contributed by atoms with van der Waals surface area (Å²) in [5.74, 6) is 0. The van der Waals surface area contributed by atoms with E-state index in [-0.39, 0.29) is 6.04 Å². The zero-order valence-corrected chi connectivity index (χ0v) is 35.9. The first-order chi connectivity index (χ1) is 32.7. The van der Waals surface area contributed by atoms with Crippen LogP contribution < -0.4 is 0 Å². The average Bonchev–Trinajstić information content (AvgIpc) is 4.16. The Hall–Kier alpha value is -8.34. The molecule has 1 atom stereocenters. The van der Waals surface area contributed by atoms with Gasteiger partial charge in [-0.25, -0.2) is 0 Å². The summed E-state index contributed by atoms with van der Waals surface area (Å²) in [6.45, 7) is 0. The van der Waals surface area contributed by atoms with E-state index in [1.807, 2.05) is 0 Å². The van der Waals surface area contributed by atoms with Gasteiger partial charge in [0.05, 0.1) is 39.1 Å². The molecule has 13 aromatic rings. The number of rotatable bonds is 3. The summed E-state index contributed by atoms with van der Waals surface area (Å²) in [5.41, 5.74) is 20.3. The first-order valence-corrected chi connectivity index (χ1v) is 23.3. The maximum Gasteiger partial charge on any atom is 0.135 e. The van der Waals surface area contributed by atoms with E-state index < -0.39 is 0 Å². The summed E-state index contributed by atoms with van der Waals surface area (Å²) >= 11 is 0. The lowest BCUT2D eigenvalue weighted by molar-refractivity contribution is 0.660. The first-order valence-electron chi connectivity index (χ1n) is 23.3. The normalized spacial score (nSPS) is 16.0. The van der Waals surface area contributed by atoms with Crippen molar-refractivity contribution in [3.8, 4) is 16.8 Å². The molecule has 0 bridgehead atoms. The Morgan fingerprint density at radius 2 is 1.05 bits per heavy atom. The summed E-state index contributed by atoms with van der Waals surface area (Å²) in [7, 11) is 0. The third-order valence-electron chi connectivity index (χ3n) is 15.4. The van der Waals surface area contributed by atoms with E-state index in [9.17, 15) is 0 Å². The van der Waals surface area contributed by atoms with Crippen LogP contribution in [0.3, 0.4) is 0 Å². The Morgan fingerprint density at radius 1 is 0.409 bits per heavy atom. The molecule has 3 aliphatic rings. The van der Waals surface area contributed by atoms with Crippen molar-refractivity contribution in [2.75, 3.05) is 0 Å². The topological polar surface area (TPSA) is 27.9 Å². The fraction of sp³-hybridized carbons (Fsp3) is 0.0645. The van der Waals surface area contributed by atoms with Crippen molar-refractivity contribution >= 4 is 109 Å². The van der Waals surface area contributed by atoms with E-state index in [1.165, 1.54) is 121 Å². The van der Waals surface area contributed by atoms with Gasteiger partial charge in [0.15, 0.2) is 0 Å². The number of fused-ring (bicyclic) bond motifs is 16. The van der Waals surface area contributed by atoms with Crippen LogP contribution in [0, 0.1) is 0 Å². The van der Waals surface area contributed by atoms with Crippen LogP contribution >= 0.6 is 0 Å². The maximum atomic E-state index is 6.30. The van der Waals surface area contributed by atoms with Crippen LogP contribution in [0.1, 0.15) is 30.9 Å². The molecule has 4 aromatic heterocycles. The fourth-order valence-electron chi connectivity index (χ4n) is 12.5. The van der Waals surface area contributed by atoms with Crippen molar-refractivity contribution in [1.82, 2.24) is 13.7 Å². The van der Waals surface area contributed by atoms with Crippen molar-refractivity contribution in [1.29, 1.82) is 0 Å². The van der Waals surface area contributed by atoms with E-state index in [1.54, 1.807) is 0 Å². The van der Waals surface area contributed by atoms with E-state index in [0.29, 0.717) is 0 Å². The Kier molecular flexibility index (Phi) is 6.74. The summed E-state index contributed by atoms with van der Waals surface area (Å²) in [6.07, 6.45) is 8.10. The van der Waals surface area contributed by atoms with E-state index in [2.05, 4.69) is 208 Å². The first kappa shape index (κ1) is 35.1. The summed E-state index contributed by atoms with van der Waals surface area (Å²) in [5, 5.41) is 12.6. The summed E-state index contributed by atoms with van der Waals surface area (Å²) in [6, 6.07) is 67.7. The molecule has 9 aromatic carbocycles. The molecule has 0 saturated carbocycles. The second kappa shape index (κ2) is 12.7. The van der Waals surface area contributed by atoms with Gasteiger partial charge in [-0.2, -0.15) is 0 Å². The largest absolute Gasteiger partial charge is 0.456 e. The van der Waals surface area contributed by atoms with Crippen LogP contribution in [0.25, 0.3) is 126 Å². The van der Waals surface area contributed by atoms with Gasteiger partial charge in [-0.1, -0.05) is 109 Å². The van der Waals surface area contributed by atoms with E-state index >= 15 is 0 Å². The van der Waals surface area contributed by atoms with Crippen LogP contribution in [0.4, 0.5) is 0 Å². The number of hydrogen-bond donors (Lipinski definition) is 0. The van der Waals surface area contributed by atoms with Gasteiger partial charge in [-0.05, 0) is 143 Å². The molecule has 2 aliphatic carbocycles. The standard InChI is InChI=1S/C62H39N3O/c1-6-16-54-44(11-1)45-12-2-7-17-55(45)63(54)42-24-21-36-29-49-52-32-41(38-23-26-61-51(31-38)48-15-5-10-20-60(48)66-61)33-53-50-30-37-22-25-43(64-56-18-8-3-13-46(56)47-14-4-9-19-57(47)64)28-40(37)35-59(50)65(62(52)53)58(49)34-39(36)27-42/h1-21,23-24,26-34,59H,22,25,35H2. The Bertz CT molecular complexity index is 4330. The number of hydrogen-bond acceptors (Lipinski definition) is 1. The van der Waals surface area contributed by atoms with Crippen molar-refractivity contribution < 1.29 is 4.42 Å². The highest BCUT2D eigenvalue weighted by molar-refractivity contribution is 6.19. The predicted octanol–water partition coefficient (Wildman–Crippen LogP) is 16.7. The second-order valence-electron chi connectivity index (χ2n) is 18.7. The molecule has 5 heterocycles. The molecule has 1 aliphatic heterocycles. The molecule has 0 spiro atoms. The number of benzene rings is 9.